The van der Waals surface area contributed by atoms with E-state index in [1.807, 2.05) is 24.7 Å². The summed E-state index contributed by atoms with van der Waals surface area (Å²) >= 11 is 3.38. The standard InChI is InChI=1S/C10H12BrN5/c1-3-16-8(4-5-14-16)10-13-6-7(11)9(12-2)15-10/h4-6H,3H2,1-2H3,(H,12,13,15). The Bertz CT molecular complexity index is 494. The number of nitrogens with one attached hydrogen (secondary N) is 1. The number of aromatic nitrogens is 4. The van der Waals surface area contributed by atoms with E-state index >= 15 is 0 Å². The molecule has 2 rings (SSSR count). The van der Waals surface area contributed by atoms with Gasteiger partial charge in [-0.25, -0.2) is 9.97 Å². The molecule has 84 valence electrons. The Hall–Kier alpha value is -1.43. The van der Waals surface area contributed by atoms with Crippen molar-refractivity contribution < 1.29 is 0 Å². The topological polar surface area (TPSA) is 55.6 Å². The van der Waals surface area contributed by atoms with Gasteiger partial charge in [-0.15, -0.1) is 0 Å². The number of aryl methyl sites for hydroxylation is 1. The molecule has 6 heteroatoms. The van der Waals surface area contributed by atoms with Gasteiger partial charge in [0.15, 0.2) is 5.82 Å². The molecule has 2 aromatic rings. The molecule has 0 spiro atoms. The number of rotatable bonds is 3. The molecule has 0 amide bonds. The van der Waals surface area contributed by atoms with Gasteiger partial charge in [-0.3, -0.25) is 4.68 Å². The number of nitrogens with zero attached hydrogens (tertiary/aromatic N) is 4. The van der Waals surface area contributed by atoms with Crippen molar-refractivity contribution in [2.45, 2.75) is 13.5 Å². The maximum absolute atomic E-state index is 4.41. The maximum atomic E-state index is 4.41. The van der Waals surface area contributed by atoms with Crippen LogP contribution in [0, 0.1) is 0 Å². The first-order valence-electron chi connectivity index (χ1n) is 4.98. The zero-order chi connectivity index (χ0) is 11.5. The molecule has 1 N–H and O–H groups in total. The predicted octanol–water partition coefficient (Wildman–Crippen LogP) is 2.16. The third kappa shape index (κ3) is 1.92. The summed E-state index contributed by atoms with van der Waals surface area (Å²) in [5.41, 5.74) is 0.923. The molecular weight excluding hydrogens is 270 g/mol. The number of hydrogen-bond acceptors (Lipinski definition) is 4. The molecule has 0 aliphatic heterocycles. The Balaban J connectivity index is 2.48. The van der Waals surface area contributed by atoms with E-state index in [1.165, 1.54) is 0 Å². The SMILES string of the molecule is CCn1nccc1-c1ncc(Br)c(NC)n1. The Morgan fingerprint density at radius 3 is 3.00 bits per heavy atom. The minimum Gasteiger partial charge on any atom is -0.372 e. The van der Waals surface area contributed by atoms with Gasteiger partial charge >= 0.3 is 0 Å². The quantitative estimate of drug-likeness (QED) is 0.937. The average molecular weight is 282 g/mol. The van der Waals surface area contributed by atoms with E-state index in [-0.39, 0.29) is 0 Å². The summed E-state index contributed by atoms with van der Waals surface area (Å²) in [7, 11) is 1.83. The highest BCUT2D eigenvalue weighted by Crippen LogP contribution is 2.22. The molecule has 0 atom stereocenters. The first-order valence-corrected chi connectivity index (χ1v) is 5.78. The monoisotopic (exact) mass is 281 g/mol. The molecule has 0 saturated heterocycles. The molecular formula is C10H12BrN5. The smallest absolute Gasteiger partial charge is 0.179 e. The summed E-state index contributed by atoms with van der Waals surface area (Å²) in [4.78, 5) is 8.69. The molecule has 16 heavy (non-hydrogen) atoms. The minimum absolute atomic E-state index is 0.673. The predicted molar refractivity (Wildman–Crippen MR) is 66.2 cm³/mol. The van der Waals surface area contributed by atoms with Crippen LogP contribution in [0.15, 0.2) is 22.9 Å². The van der Waals surface area contributed by atoms with Crippen LogP contribution in [0.3, 0.4) is 0 Å². The van der Waals surface area contributed by atoms with E-state index in [0.717, 1.165) is 22.5 Å². The van der Waals surface area contributed by atoms with E-state index in [4.69, 9.17) is 0 Å². The Morgan fingerprint density at radius 1 is 1.50 bits per heavy atom. The zero-order valence-corrected chi connectivity index (χ0v) is 10.7. The van der Waals surface area contributed by atoms with E-state index in [1.54, 1.807) is 12.4 Å². The van der Waals surface area contributed by atoms with Crippen molar-refractivity contribution in [3.8, 4) is 11.5 Å². The van der Waals surface area contributed by atoms with Crippen LogP contribution in [0.4, 0.5) is 5.82 Å². The van der Waals surface area contributed by atoms with Crippen LogP contribution in [-0.2, 0) is 6.54 Å². The first-order chi connectivity index (χ1) is 7.76. The number of anilines is 1. The van der Waals surface area contributed by atoms with Crippen molar-refractivity contribution in [3.05, 3.63) is 22.9 Å². The van der Waals surface area contributed by atoms with Crippen LogP contribution >= 0.6 is 15.9 Å². The Kier molecular flexibility index (Phi) is 3.19. The van der Waals surface area contributed by atoms with Gasteiger partial charge in [0.1, 0.15) is 11.5 Å². The van der Waals surface area contributed by atoms with Crippen molar-refractivity contribution >= 4 is 21.7 Å². The van der Waals surface area contributed by atoms with Gasteiger partial charge in [0.2, 0.25) is 0 Å². The lowest BCUT2D eigenvalue weighted by Gasteiger charge is -2.06. The summed E-state index contributed by atoms with van der Waals surface area (Å²) in [6, 6.07) is 1.91. The highest BCUT2D eigenvalue weighted by atomic mass is 79.9. The summed E-state index contributed by atoms with van der Waals surface area (Å²) in [6.07, 6.45) is 3.49. The highest BCUT2D eigenvalue weighted by Gasteiger charge is 2.09. The lowest BCUT2D eigenvalue weighted by molar-refractivity contribution is 0.664. The molecule has 0 aliphatic rings. The van der Waals surface area contributed by atoms with E-state index < -0.39 is 0 Å². The second-order valence-corrected chi connectivity index (χ2v) is 4.03. The molecule has 0 fully saturated rings. The van der Waals surface area contributed by atoms with Gasteiger partial charge < -0.3 is 5.32 Å². The summed E-state index contributed by atoms with van der Waals surface area (Å²) in [5.74, 6) is 1.45. The van der Waals surface area contributed by atoms with Gasteiger partial charge in [-0.2, -0.15) is 5.10 Å². The van der Waals surface area contributed by atoms with Gasteiger partial charge in [0.25, 0.3) is 0 Å². The molecule has 0 unspecified atom stereocenters. The molecule has 0 bridgehead atoms. The summed E-state index contributed by atoms with van der Waals surface area (Å²) in [6.45, 7) is 2.84. The summed E-state index contributed by atoms with van der Waals surface area (Å²) < 4.78 is 2.71. The highest BCUT2D eigenvalue weighted by molar-refractivity contribution is 9.10. The number of halogens is 1. The maximum Gasteiger partial charge on any atom is 0.179 e. The lowest BCUT2D eigenvalue weighted by Crippen LogP contribution is -2.03. The van der Waals surface area contributed by atoms with Crippen LogP contribution < -0.4 is 5.32 Å². The van der Waals surface area contributed by atoms with Crippen molar-refractivity contribution in [3.63, 3.8) is 0 Å². The van der Waals surface area contributed by atoms with Gasteiger partial charge in [-0.1, -0.05) is 0 Å². The average Bonchev–Trinajstić information content (AvgIpc) is 2.78. The van der Waals surface area contributed by atoms with Crippen LogP contribution in [0.5, 0.6) is 0 Å². The van der Waals surface area contributed by atoms with E-state index in [9.17, 15) is 0 Å². The van der Waals surface area contributed by atoms with E-state index in [0.29, 0.717) is 5.82 Å². The van der Waals surface area contributed by atoms with Gasteiger partial charge in [0, 0.05) is 26.0 Å². The molecule has 0 saturated carbocycles. The normalized spacial score (nSPS) is 10.4. The molecule has 0 aromatic carbocycles. The fourth-order valence-electron chi connectivity index (χ4n) is 1.44. The van der Waals surface area contributed by atoms with Crippen LogP contribution in [0.25, 0.3) is 11.5 Å². The summed E-state index contributed by atoms with van der Waals surface area (Å²) in [5, 5.41) is 7.20. The largest absolute Gasteiger partial charge is 0.372 e. The van der Waals surface area contributed by atoms with Crippen molar-refractivity contribution in [1.82, 2.24) is 19.7 Å². The van der Waals surface area contributed by atoms with Crippen molar-refractivity contribution in [2.75, 3.05) is 12.4 Å². The van der Waals surface area contributed by atoms with Crippen molar-refractivity contribution in [2.24, 2.45) is 0 Å². The second kappa shape index (κ2) is 4.61. The molecule has 5 nitrogen and oxygen atoms in total. The van der Waals surface area contributed by atoms with Gasteiger partial charge in [-0.05, 0) is 28.9 Å². The van der Waals surface area contributed by atoms with Crippen LogP contribution in [-0.4, -0.2) is 26.8 Å². The molecule has 0 aliphatic carbocycles. The van der Waals surface area contributed by atoms with Crippen LogP contribution in [0.1, 0.15) is 6.92 Å². The Morgan fingerprint density at radius 2 is 2.31 bits per heavy atom. The minimum atomic E-state index is 0.673. The van der Waals surface area contributed by atoms with Gasteiger partial charge in [0.05, 0.1) is 4.47 Å². The first kappa shape index (κ1) is 11.1. The fraction of sp³-hybridized carbons (Fsp3) is 0.300. The molecule has 0 radical (unpaired) electrons. The third-order valence-electron chi connectivity index (χ3n) is 2.23. The van der Waals surface area contributed by atoms with Crippen LogP contribution in [0.2, 0.25) is 0 Å². The van der Waals surface area contributed by atoms with E-state index in [2.05, 4.69) is 36.3 Å². The van der Waals surface area contributed by atoms with Crippen molar-refractivity contribution in [1.29, 1.82) is 0 Å². The third-order valence-corrected chi connectivity index (χ3v) is 2.81. The second-order valence-electron chi connectivity index (χ2n) is 3.17. The lowest BCUT2D eigenvalue weighted by atomic mass is 10.4. The molecule has 2 heterocycles. The zero-order valence-electron chi connectivity index (χ0n) is 9.11. The number of hydrogen-bond donors (Lipinski definition) is 1. The molecule has 2 aromatic heterocycles. The Labute approximate surface area is 102 Å². The fourth-order valence-corrected chi connectivity index (χ4v) is 1.83.